The molecule has 0 amide bonds. The van der Waals surface area contributed by atoms with Gasteiger partial charge in [0.1, 0.15) is 0 Å². The van der Waals surface area contributed by atoms with Crippen LogP contribution in [0.25, 0.3) is 0 Å². The van der Waals surface area contributed by atoms with Gasteiger partial charge in [-0.3, -0.25) is 0 Å². The molecule has 0 N–H and O–H groups in total. The number of aryl methyl sites for hydroxylation is 1. The van der Waals surface area contributed by atoms with Gasteiger partial charge in [-0.1, -0.05) is 20.8 Å². The number of aromatic nitrogens is 1. The lowest BCUT2D eigenvalue weighted by atomic mass is 10.2. The van der Waals surface area contributed by atoms with Crippen molar-refractivity contribution in [2.24, 2.45) is 0 Å². The molecule has 0 saturated carbocycles. The summed E-state index contributed by atoms with van der Waals surface area (Å²) in [4.78, 5) is 4.45. The topological polar surface area (TPSA) is 12.9 Å². The predicted molar refractivity (Wildman–Crippen MR) is 45.6 cm³/mol. The van der Waals surface area contributed by atoms with E-state index in [0.717, 1.165) is 6.42 Å². The molecule has 0 fully saturated rings. The molecule has 0 unspecified atom stereocenters. The number of nitrogens with zero attached hydrogens (tertiary/aromatic N) is 1. The van der Waals surface area contributed by atoms with Crippen LogP contribution < -0.4 is 0 Å². The van der Waals surface area contributed by atoms with Gasteiger partial charge in [0.2, 0.25) is 0 Å². The first-order valence-electron chi connectivity index (χ1n) is 3.68. The summed E-state index contributed by atoms with van der Waals surface area (Å²) in [6, 6.07) is 0. The number of thiazole rings is 1. The Balaban J connectivity index is 2.78. The molecule has 0 aliphatic heterocycles. The SMILES string of the molecule is CCc1nc(C(C)C)cs1. The molecule has 0 aromatic carbocycles. The lowest BCUT2D eigenvalue weighted by Gasteiger charge is -1.95. The molecule has 0 saturated heterocycles. The Morgan fingerprint density at radius 3 is 2.60 bits per heavy atom. The highest BCUT2D eigenvalue weighted by Gasteiger charge is 2.02. The van der Waals surface area contributed by atoms with E-state index in [9.17, 15) is 0 Å². The van der Waals surface area contributed by atoms with E-state index in [0.29, 0.717) is 5.92 Å². The van der Waals surface area contributed by atoms with Crippen LogP contribution in [0.2, 0.25) is 0 Å². The molecule has 1 heterocycles. The van der Waals surface area contributed by atoms with E-state index in [-0.39, 0.29) is 0 Å². The lowest BCUT2D eigenvalue weighted by molar-refractivity contribution is 0.823. The van der Waals surface area contributed by atoms with Crippen LogP contribution in [-0.2, 0) is 6.42 Å². The van der Waals surface area contributed by atoms with Crippen molar-refractivity contribution in [3.63, 3.8) is 0 Å². The van der Waals surface area contributed by atoms with Crippen LogP contribution in [0.1, 0.15) is 37.4 Å². The van der Waals surface area contributed by atoms with Crippen LogP contribution in [0, 0.1) is 0 Å². The van der Waals surface area contributed by atoms with Crippen LogP contribution in [0.4, 0.5) is 0 Å². The fourth-order valence-electron chi connectivity index (χ4n) is 0.753. The van der Waals surface area contributed by atoms with Crippen molar-refractivity contribution in [3.05, 3.63) is 16.1 Å². The van der Waals surface area contributed by atoms with E-state index in [2.05, 4.69) is 31.1 Å². The van der Waals surface area contributed by atoms with Crippen molar-refractivity contribution < 1.29 is 0 Å². The summed E-state index contributed by atoms with van der Waals surface area (Å²) >= 11 is 1.77. The van der Waals surface area contributed by atoms with E-state index in [4.69, 9.17) is 0 Å². The highest BCUT2D eigenvalue weighted by molar-refractivity contribution is 7.09. The van der Waals surface area contributed by atoms with Gasteiger partial charge in [0, 0.05) is 5.38 Å². The second-order valence-corrected chi connectivity index (χ2v) is 3.62. The first kappa shape index (κ1) is 7.73. The maximum Gasteiger partial charge on any atom is 0.0925 e. The third-order valence-electron chi connectivity index (χ3n) is 1.46. The zero-order valence-electron chi connectivity index (χ0n) is 6.72. The van der Waals surface area contributed by atoms with Crippen molar-refractivity contribution in [1.82, 2.24) is 4.98 Å². The molecule has 1 rings (SSSR count). The van der Waals surface area contributed by atoms with E-state index in [1.807, 2.05) is 0 Å². The lowest BCUT2D eigenvalue weighted by Crippen LogP contribution is -1.87. The molecule has 0 bridgehead atoms. The molecular weight excluding hydrogens is 142 g/mol. The number of rotatable bonds is 2. The van der Waals surface area contributed by atoms with Gasteiger partial charge in [-0.05, 0) is 12.3 Å². The summed E-state index contributed by atoms with van der Waals surface area (Å²) in [6.07, 6.45) is 1.07. The Morgan fingerprint density at radius 1 is 1.60 bits per heavy atom. The van der Waals surface area contributed by atoms with Gasteiger partial charge in [-0.25, -0.2) is 4.98 Å². The highest BCUT2D eigenvalue weighted by atomic mass is 32.1. The van der Waals surface area contributed by atoms with E-state index < -0.39 is 0 Å². The van der Waals surface area contributed by atoms with Gasteiger partial charge >= 0.3 is 0 Å². The monoisotopic (exact) mass is 155 g/mol. The van der Waals surface area contributed by atoms with Gasteiger partial charge in [-0.15, -0.1) is 11.3 Å². The fourth-order valence-corrected chi connectivity index (χ4v) is 1.66. The minimum Gasteiger partial charge on any atom is -0.246 e. The summed E-state index contributed by atoms with van der Waals surface area (Å²) < 4.78 is 0. The van der Waals surface area contributed by atoms with Crippen LogP contribution in [-0.4, -0.2) is 4.98 Å². The van der Waals surface area contributed by atoms with Crippen molar-refractivity contribution in [2.45, 2.75) is 33.1 Å². The van der Waals surface area contributed by atoms with Crippen LogP contribution in [0.3, 0.4) is 0 Å². The second-order valence-electron chi connectivity index (χ2n) is 2.67. The molecule has 10 heavy (non-hydrogen) atoms. The first-order chi connectivity index (χ1) is 4.74. The van der Waals surface area contributed by atoms with Crippen molar-refractivity contribution in [2.75, 3.05) is 0 Å². The van der Waals surface area contributed by atoms with Crippen LogP contribution in [0.15, 0.2) is 5.38 Å². The van der Waals surface area contributed by atoms with Crippen molar-refractivity contribution >= 4 is 11.3 Å². The maximum atomic E-state index is 4.45. The normalized spacial score (nSPS) is 10.8. The minimum absolute atomic E-state index is 0.580. The fraction of sp³-hybridized carbons (Fsp3) is 0.625. The summed E-state index contributed by atoms with van der Waals surface area (Å²) in [7, 11) is 0. The Hall–Kier alpha value is -0.370. The Morgan fingerprint density at radius 2 is 2.30 bits per heavy atom. The quantitative estimate of drug-likeness (QED) is 0.640. The summed E-state index contributed by atoms with van der Waals surface area (Å²) in [5.74, 6) is 0.580. The smallest absolute Gasteiger partial charge is 0.0925 e. The van der Waals surface area contributed by atoms with Gasteiger partial charge in [0.15, 0.2) is 0 Å². The van der Waals surface area contributed by atoms with Gasteiger partial charge in [0.05, 0.1) is 10.7 Å². The molecule has 1 aromatic rings. The largest absolute Gasteiger partial charge is 0.246 e. The average Bonchev–Trinajstić information content (AvgIpc) is 2.34. The molecule has 0 atom stereocenters. The molecule has 56 valence electrons. The Labute approximate surface area is 66.1 Å². The van der Waals surface area contributed by atoms with Crippen LogP contribution in [0.5, 0.6) is 0 Å². The van der Waals surface area contributed by atoms with Gasteiger partial charge in [0.25, 0.3) is 0 Å². The second kappa shape index (κ2) is 3.15. The van der Waals surface area contributed by atoms with E-state index in [1.165, 1.54) is 10.7 Å². The molecule has 0 radical (unpaired) electrons. The van der Waals surface area contributed by atoms with E-state index in [1.54, 1.807) is 11.3 Å². The summed E-state index contributed by atoms with van der Waals surface area (Å²) in [6.45, 7) is 6.49. The number of hydrogen-bond donors (Lipinski definition) is 0. The summed E-state index contributed by atoms with van der Waals surface area (Å²) in [5.41, 5.74) is 1.24. The van der Waals surface area contributed by atoms with Gasteiger partial charge < -0.3 is 0 Å². The van der Waals surface area contributed by atoms with E-state index >= 15 is 0 Å². The molecule has 0 aliphatic carbocycles. The van der Waals surface area contributed by atoms with Crippen molar-refractivity contribution in [1.29, 1.82) is 0 Å². The maximum absolute atomic E-state index is 4.45. The average molecular weight is 155 g/mol. The molecule has 1 aromatic heterocycles. The predicted octanol–water partition coefficient (Wildman–Crippen LogP) is 2.83. The third kappa shape index (κ3) is 1.57. The molecular formula is C8H13NS. The van der Waals surface area contributed by atoms with Gasteiger partial charge in [-0.2, -0.15) is 0 Å². The first-order valence-corrected chi connectivity index (χ1v) is 4.56. The number of hydrogen-bond acceptors (Lipinski definition) is 2. The Bertz CT molecular complexity index is 203. The molecule has 0 spiro atoms. The van der Waals surface area contributed by atoms with Crippen molar-refractivity contribution in [3.8, 4) is 0 Å². The zero-order valence-corrected chi connectivity index (χ0v) is 7.53. The summed E-state index contributed by atoms with van der Waals surface area (Å²) in [5, 5.41) is 3.41. The standard InChI is InChI=1S/C8H13NS/c1-4-8-9-7(5-10-8)6(2)3/h5-6H,4H2,1-3H3. The van der Waals surface area contributed by atoms with Crippen LogP contribution >= 0.6 is 11.3 Å². The Kier molecular flexibility index (Phi) is 2.44. The highest BCUT2D eigenvalue weighted by Crippen LogP contribution is 2.17. The molecule has 1 nitrogen and oxygen atoms in total. The molecule has 0 aliphatic rings. The zero-order chi connectivity index (χ0) is 7.56. The molecule has 2 heteroatoms. The minimum atomic E-state index is 0.580. The third-order valence-corrected chi connectivity index (χ3v) is 2.47.